The highest BCUT2D eigenvalue weighted by Crippen LogP contribution is 2.41. The molecule has 6 nitrogen and oxygen atoms in total. The molecule has 0 aliphatic heterocycles. The van der Waals surface area contributed by atoms with Crippen molar-refractivity contribution in [1.29, 1.82) is 0 Å². The highest BCUT2D eigenvalue weighted by atomic mass is 32.1. The minimum atomic E-state index is -1.15. The van der Waals surface area contributed by atoms with Gasteiger partial charge >= 0.3 is 5.97 Å². The van der Waals surface area contributed by atoms with Crippen LogP contribution in [-0.4, -0.2) is 29.2 Å². The van der Waals surface area contributed by atoms with E-state index in [4.69, 9.17) is 9.47 Å². The number of benzene rings is 1. The number of carbonyl (C=O) groups is 1. The van der Waals surface area contributed by atoms with Crippen LogP contribution in [0.25, 0.3) is 15.3 Å². The van der Waals surface area contributed by atoms with E-state index in [0.29, 0.717) is 34.4 Å². The number of pyridine rings is 1. The molecule has 210 valence electrons. The molecule has 2 heterocycles. The summed E-state index contributed by atoms with van der Waals surface area (Å²) in [6, 6.07) is 7.25. The highest BCUT2D eigenvalue weighted by molar-refractivity contribution is 7.21. The number of fused-ring (bicyclic) bond motifs is 2. The average molecular weight is 560 g/mol. The first-order valence-corrected chi connectivity index (χ1v) is 15.0. The Labute approximate surface area is 239 Å². The van der Waals surface area contributed by atoms with Crippen LogP contribution in [-0.2, 0) is 6.42 Å². The van der Waals surface area contributed by atoms with E-state index >= 15 is 0 Å². The lowest BCUT2D eigenvalue weighted by Gasteiger charge is -2.26. The zero-order chi connectivity index (χ0) is 28.2. The van der Waals surface area contributed by atoms with E-state index in [1.165, 1.54) is 39.7 Å². The number of aryl methyl sites for hydroxylation is 1. The average Bonchev–Trinajstić information content (AvgIpc) is 3.36. The largest absolute Gasteiger partial charge is 0.493 e. The van der Waals surface area contributed by atoms with Crippen molar-refractivity contribution < 1.29 is 19.4 Å². The topological polar surface area (TPSA) is 77.2 Å². The second-order valence-electron chi connectivity index (χ2n) is 10.6. The molecule has 1 aromatic carbocycles. The maximum absolute atomic E-state index is 13.5. The van der Waals surface area contributed by atoms with Crippen LogP contribution in [0.15, 0.2) is 64.5 Å². The Morgan fingerprint density at radius 3 is 2.77 bits per heavy atom. The summed E-state index contributed by atoms with van der Waals surface area (Å²) in [4.78, 5) is 27.0. The van der Waals surface area contributed by atoms with Crippen molar-refractivity contribution in [2.75, 3.05) is 13.7 Å². The molecule has 2 aliphatic carbocycles. The maximum Gasteiger partial charge on any atom is 0.354 e. The third-order valence-corrected chi connectivity index (χ3v) is 9.04. The summed E-state index contributed by atoms with van der Waals surface area (Å²) in [7, 11) is 1.58. The molecule has 7 heteroatoms. The summed E-state index contributed by atoms with van der Waals surface area (Å²) in [5, 5.41) is 10.2. The molecule has 0 fully saturated rings. The van der Waals surface area contributed by atoms with E-state index in [2.05, 4.69) is 31.2 Å². The quantitative estimate of drug-likeness (QED) is 0.192. The molecule has 5 rings (SSSR count). The number of hydrogen-bond acceptors (Lipinski definition) is 5. The molecule has 0 radical (unpaired) electrons. The zero-order valence-corrected chi connectivity index (χ0v) is 24.3. The second kappa shape index (κ2) is 12.3. The molecule has 1 atom stereocenters. The molecular formula is C33H37NO5S. The number of aromatic nitrogens is 1. The second-order valence-corrected chi connectivity index (χ2v) is 11.6. The van der Waals surface area contributed by atoms with E-state index < -0.39 is 5.97 Å². The van der Waals surface area contributed by atoms with Gasteiger partial charge in [-0.2, -0.15) is 0 Å². The van der Waals surface area contributed by atoms with Crippen molar-refractivity contribution in [3.63, 3.8) is 0 Å². The van der Waals surface area contributed by atoms with E-state index in [0.717, 1.165) is 54.5 Å². The van der Waals surface area contributed by atoms with Gasteiger partial charge in [-0.25, -0.2) is 4.79 Å². The molecule has 1 unspecified atom stereocenters. The highest BCUT2D eigenvalue weighted by Gasteiger charge is 2.27. The molecule has 0 amide bonds. The number of nitrogens with zero attached hydrogens (tertiary/aromatic N) is 1. The Hall–Kier alpha value is -3.58. The van der Waals surface area contributed by atoms with Crippen LogP contribution in [0.4, 0.5) is 0 Å². The van der Waals surface area contributed by atoms with Crippen LogP contribution in [0.5, 0.6) is 11.5 Å². The number of hydrogen-bond donors (Lipinski definition) is 1. The number of carboxylic acid groups (broad SMARTS) is 1. The zero-order valence-electron chi connectivity index (χ0n) is 23.5. The number of carboxylic acids is 1. The standard InChI is InChI=1S/C33H37NO5S/c1-4-5-6-9-17-39-27-16-15-24(18-21(27)2)31-29(33(36)37)34-28(35)20-25(30(38-3)32(34)40-31)19-23-13-10-12-22-11-7-8-14-26(22)23/h7,10-11,13,15-16,18,20,22H,4-6,8-9,12,14,17,19H2,1-3H3,(H,36,37). The van der Waals surface area contributed by atoms with Crippen LogP contribution in [0.3, 0.4) is 0 Å². The fourth-order valence-corrected chi connectivity index (χ4v) is 7.13. The Bertz CT molecular complexity index is 1570. The Morgan fingerprint density at radius 1 is 1.18 bits per heavy atom. The Kier molecular flexibility index (Phi) is 8.60. The summed E-state index contributed by atoms with van der Waals surface area (Å²) in [6.07, 6.45) is 17.1. The van der Waals surface area contributed by atoms with Gasteiger partial charge in [-0.1, -0.05) is 56.1 Å². The van der Waals surface area contributed by atoms with E-state index in [1.807, 2.05) is 25.1 Å². The molecule has 0 bridgehead atoms. The van der Waals surface area contributed by atoms with Crippen molar-refractivity contribution >= 4 is 22.1 Å². The molecule has 0 saturated carbocycles. The fourth-order valence-electron chi connectivity index (χ4n) is 5.83. The van der Waals surface area contributed by atoms with Crippen molar-refractivity contribution in [2.24, 2.45) is 5.92 Å². The van der Waals surface area contributed by atoms with Gasteiger partial charge in [0, 0.05) is 24.0 Å². The van der Waals surface area contributed by atoms with Crippen LogP contribution in [0, 0.1) is 12.8 Å². The lowest BCUT2D eigenvalue weighted by Crippen LogP contribution is -2.19. The number of thiazole rings is 1. The Balaban J connectivity index is 1.54. The van der Waals surface area contributed by atoms with Gasteiger partial charge in [0.15, 0.2) is 11.4 Å². The van der Waals surface area contributed by atoms with Crippen molar-refractivity contribution in [3.05, 3.63) is 86.9 Å². The SMILES string of the molecule is CCCCCCOc1ccc(-c2sc3c(OC)c(CC4=C5CCC=CC5CC=C4)cc(=O)n3c2C(=O)O)cc1C. The summed E-state index contributed by atoms with van der Waals surface area (Å²) in [5.41, 5.74) is 4.69. The number of aromatic carboxylic acids is 1. The lowest BCUT2D eigenvalue weighted by atomic mass is 9.79. The van der Waals surface area contributed by atoms with Crippen molar-refractivity contribution in [2.45, 2.75) is 65.2 Å². The first-order valence-electron chi connectivity index (χ1n) is 14.2. The van der Waals surface area contributed by atoms with Crippen LogP contribution in [0.2, 0.25) is 0 Å². The molecule has 1 N–H and O–H groups in total. The van der Waals surface area contributed by atoms with E-state index in [-0.39, 0.29) is 11.3 Å². The minimum Gasteiger partial charge on any atom is -0.493 e. The summed E-state index contributed by atoms with van der Waals surface area (Å²) < 4.78 is 13.1. The summed E-state index contributed by atoms with van der Waals surface area (Å²) in [5.74, 6) is 0.616. The lowest BCUT2D eigenvalue weighted by molar-refractivity contribution is 0.0690. The summed E-state index contributed by atoms with van der Waals surface area (Å²) >= 11 is 1.28. The smallest absolute Gasteiger partial charge is 0.354 e. The van der Waals surface area contributed by atoms with Crippen LogP contribution >= 0.6 is 11.3 Å². The first-order chi connectivity index (χ1) is 19.4. The predicted octanol–water partition coefficient (Wildman–Crippen LogP) is 7.77. The van der Waals surface area contributed by atoms with Gasteiger partial charge in [0.2, 0.25) is 0 Å². The number of methoxy groups -OCH3 is 1. The fraction of sp³-hybridized carbons (Fsp3) is 0.394. The van der Waals surface area contributed by atoms with Gasteiger partial charge in [-0.15, -0.1) is 11.3 Å². The Morgan fingerprint density at radius 2 is 2.02 bits per heavy atom. The van der Waals surface area contributed by atoms with Crippen LogP contribution < -0.4 is 15.0 Å². The third kappa shape index (κ3) is 5.52. The predicted molar refractivity (Wildman–Crippen MR) is 161 cm³/mol. The van der Waals surface area contributed by atoms with E-state index in [9.17, 15) is 14.7 Å². The molecule has 2 aromatic heterocycles. The van der Waals surface area contributed by atoms with Crippen LogP contribution in [0.1, 0.15) is 73.5 Å². The molecule has 40 heavy (non-hydrogen) atoms. The summed E-state index contributed by atoms with van der Waals surface area (Å²) in [6.45, 7) is 4.80. The van der Waals surface area contributed by atoms with Gasteiger partial charge in [-0.3, -0.25) is 9.20 Å². The van der Waals surface area contributed by atoms with Gasteiger partial charge in [-0.05, 0) is 67.5 Å². The number of allylic oxidation sites excluding steroid dienone is 6. The third-order valence-electron chi connectivity index (χ3n) is 7.84. The first kappa shape index (κ1) is 28.0. The van der Waals surface area contributed by atoms with Crippen molar-refractivity contribution in [3.8, 4) is 21.9 Å². The molecule has 0 spiro atoms. The maximum atomic E-state index is 13.5. The minimum absolute atomic E-state index is 0.0421. The number of ether oxygens (including phenoxy) is 2. The molecular weight excluding hydrogens is 522 g/mol. The van der Waals surface area contributed by atoms with Gasteiger partial charge in [0.05, 0.1) is 18.6 Å². The molecule has 0 saturated heterocycles. The van der Waals surface area contributed by atoms with Gasteiger partial charge < -0.3 is 14.6 Å². The molecule has 2 aliphatic rings. The van der Waals surface area contributed by atoms with E-state index in [1.54, 1.807) is 13.2 Å². The van der Waals surface area contributed by atoms with Crippen molar-refractivity contribution in [1.82, 2.24) is 4.40 Å². The van der Waals surface area contributed by atoms with Gasteiger partial charge in [0.1, 0.15) is 10.6 Å². The molecule has 3 aromatic rings. The number of rotatable bonds is 11. The monoisotopic (exact) mass is 559 g/mol. The number of unbranched alkanes of at least 4 members (excludes halogenated alkanes) is 3. The normalized spacial score (nSPS) is 16.4. The van der Waals surface area contributed by atoms with Gasteiger partial charge in [0.25, 0.3) is 5.56 Å².